The van der Waals surface area contributed by atoms with Gasteiger partial charge in [-0.3, -0.25) is 0 Å². The van der Waals surface area contributed by atoms with Crippen LogP contribution in [0.3, 0.4) is 0 Å². The van der Waals surface area contributed by atoms with Crippen LogP contribution in [0.25, 0.3) is 10.9 Å². The van der Waals surface area contributed by atoms with Gasteiger partial charge in [-0.2, -0.15) is 0 Å². The third-order valence-corrected chi connectivity index (χ3v) is 5.84. The van der Waals surface area contributed by atoms with E-state index < -0.39 is 23.3 Å². The van der Waals surface area contributed by atoms with Crippen molar-refractivity contribution in [2.45, 2.75) is 64.7 Å². The summed E-state index contributed by atoms with van der Waals surface area (Å²) in [4.78, 5) is 8.98. The third kappa shape index (κ3) is 5.78. The molecule has 0 saturated heterocycles. The Morgan fingerprint density at radius 3 is 2.54 bits per heavy atom. The van der Waals surface area contributed by atoms with E-state index in [9.17, 15) is 13.2 Å². The van der Waals surface area contributed by atoms with Gasteiger partial charge in [0.1, 0.15) is 24.1 Å². The second kappa shape index (κ2) is 9.89. The Kier molecular flexibility index (Phi) is 7.07. The zero-order valence-corrected chi connectivity index (χ0v) is 20.5. The molecule has 9 heteroatoms. The monoisotopic (exact) mass is 489 g/mol. The number of alkyl halides is 2. The van der Waals surface area contributed by atoms with Crippen LogP contribution >= 0.6 is 0 Å². The zero-order valence-electron chi connectivity index (χ0n) is 20.5. The molecule has 2 aromatic carbocycles. The maximum atomic E-state index is 14.9. The van der Waals surface area contributed by atoms with Gasteiger partial charge >= 0.3 is 0 Å². The molecule has 1 fully saturated rings. The molecule has 4 rings (SSSR count). The first-order valence-electron chi connectivity index (χ1n) is 11.6. The van der Waals surface area contributed by atoms with Gasteiger partial charge < -0.3 is 19.5 Å². The second-order valence-corrected chi connectivity index (χ2v) is 9.06. The summed E-state index contributed by atoms with van der Waals surface area (Å²) in [6.07, 6.45) is 2.38. The lowest BCUT2D eigenvalue weighted by Gasteiger charge is -2.21. The van der Waals surface area contributed by atoms with E-state index in [-0.39, 0.29) is 11.7 Å². The number of nitrogens with zero attached hydrogens (tertiary/aromatic N) is 2. The fourth-order valence-corrected chi connectivity index (χ4v) is 3.92. The van der Waals surface area contributed by atoms with Crippen LogP contribution in [0.15, 0.2) is 30.3 Å². The first-order chi connectivity index (χ1) is 16.6. The molecule has 188 valence electrons. The minimum Gasteiger partial charge on any atom is -0.493 e. The van der Waals surface area contributed by atoms with Crippen molar-refractivity contribution < 1.29 is 27.4 Å². The Hall–Kier alpha value is -3.07. The van der Waals surface area contributed by atoms with Crippen molar-refractivity contribution in [3.05, 3.63) is 53.1 Å². The summed E-state index contributed by atoms with van der Waals surface area (Å²) in [7, 11) is 1.55. The van der Waals surface area contributed by atoms with E-state index in [1.807, 2.05) is 6.92 Å². The molecule has 1 saturated carbocycles. The molecule has 0 spiro atoms. The smallest absolute Gasteiger partial charge is 0.273 e. The SMILES string of the molecule is COc1cc2nc(C)nc(N[C@H](C)c3cccc(C(C)(F)F)c3F)c2cc1OC[C@H](C)OC1CC1. The van der Waals surface area contributed by atoms with Gasteiger partial charge in [-0.15, -0.1) is 0 Å². The summed E-state index contributed by atoms with van der Waals surface area (Å²) in [6, 6.07) is 6.87. The number of methoxy groups -OCH3 is 1. The maximum absolute atomic E-state index is 14.9. The van der Waals surface area contributed by atoms with Crippen LogP contribution in [0.1, 0.15) is 56.6 Å². The summed E-state index contributed by atoms with van der Waals surface area (Å²) in [5, 5.41) is 3.80. The molecule has 1 N–H and O–H groups in total. The van der Waals surface area contributed by atoms with E-state index in [0.717, 1.165) is 18.9 Å². The Bertz CT molecular complexity index is 1210. The summed E-state index contributed by atoms with van der Waals surface area (Å²) in [6.45, 7) is 6.40. The van der Waals surface area contributed by atoms with Gasteiger partial charge in [-0.1, -0.05) is 18.2 Å². The minimum atomic E-state index is -3.29. The van der Waals surface area contributed by atoms with Crippen LogP contribution in [-0.2, 0) is 10.7 Å². The number of benzene rings is 2. The summed E-state index contributed by atoms with van der Waals surface area (Å²) in [5.41, 5.74) is 0.0767. The average Bonchev–Trinajstić information content (AvgIpc) is 3.60. The topological polar surface area (TPSA) is 65.5 Å². The number of aromatic nitrogens is 2. The Balaban J connectivity index is 1.65. The highest BCUT2D eigenvalue weighted by molar-refractivity contribution is 5.92. The first kappa shape index (κ1) is 25.0. The third-order valence-electron chi connectivity index (χ3n) is 5.84. The summed E-state index contributed by atoms with van der Waals surface area (Å²) >= 11 is 0. The number of aryl methyl sites for hydroxylation is 1. The molecule has 1 aliphatic carbocycles. The highest BCUT2D eigenvalue weighted by Crippen LogP contribution is 2.37. The van der Waals surface area contributed by atoms with Crippen LogP contribution < -0.4 is 14.8 Å². The molecule has 1 aromatic heterocycles. The van der Waals surface area contributed by atoms with E-state index in [1.165, 1.54) is 12.1 Å². The maximum Gasteiger partial charge on any atom is 0.273 e. The van der Waals surface area contributed by atoms with Crippen molar-refractivity contribution in [2.24, 2.45) is 0 Å². The predicted molar refractivity (Wildman–Crippen MR) is 128 cm³/mol. The molecule has 0 bridgehead atoms. The van der Waals surface area contributed by atoms with Crippen molar-refractivity contribution in [3.63, 3.8) is 0 Å². The molecule has 6 nitrogen and oxygen atoms in total. The Labute approximate surface area is 202 Å². The van der Waals surface area contributed by atoms with E-state index in [2.05, 4.69) is 15.3 Å². The van der Waals surface area contributed by atoms with Gasteiger partial charge in [0.25, 0.3) is 5.92 Å². The van der Waals surface area contributed by atoms with Gasteiger partial charge in [0.05, 0.1) is 36.4 Å². The molecule has 1 aliphatic rings. The van der Waals surface area contributed by atoms with Crippen LogP contribution in [-0.4, -0.2) is 35.9 Å². The number of ether oxygens (including phenoxy) is 3. The lowest BCUT2D eigenvalue weighted by Crippen LogP contribution is -2.19. The molecule has 3 aromatic rings. The van der Waals surface area contributed by atoms with Crippen molar-refractivity contribution >= 4 is 16.7 Å². The van der Waals surface area contributed by atoms with Gasteiger partial charge in [-0.05, 0) is 39.7 Å². The normalized spacial score (nSPS) is 15.7. The van der Waals surface area contributed by atoms with Crippen LogP contribution in [0.4, 0.5) is 19.0 Å². The fraction of sp³-hybridized carbons (Fsp3) is 0.462. The molecular formula is C26H30F3N3O3. The fourth-order valence-electron chi connectivity index (χ4n) is 3.92. The summed E-state index contributed by atoms with van der Waals surface area (Å²) < 4.78 is 60.0. The number of halogens is 3. The molecule has 35 heavy (non-hydrogen) atoms. The van der Waals surface area contributed by atoms with E-state index in [1.54, 1.807) is 33.1 Å². The number of hydrogen-bond acceptors (Lipinski definition) is 6. The second-order valence-electron chi connectivity index (χ2n) is 9.06. The number of anilines is 1. The number of hydrogen-bond donors (Lipinski definition) is 1. The molecule has 0 radical (unpaired) electrons. The lowest BCUT2D eigenvalue weighted by molar-refractivity contribution is 0.0135. The van der Waals surface area contributed by atoms with Crippen LogP contribution in [0, 0.1) is 12.7 Å². The quantitative estimate of drug-likeness (QED) is 0.360. The molecule has 0 aliphatic heterocycles. The zero-order chi connectivity index (χ0) is 25.3. The molecule has 0 amide bonds. The van der Waals surface area contributed by atoms with Gasteiger partial charge in [0.2, 0.25) is 0 Å². The number of nitrogens with one attached hydrogen (secondary N) is 1. The average molecular weight is 490 g/mol. The van der Waals surface area contributed by atoms with Gasteiger partial charge in [0, 0.05) is 23.9 Å². The van der Waals surface area contributed by atoms with Crippen LogP contribution in [0.2, 0.25) is 0 Å². The van der Waals surface area contributed by atoms with E-state index in [4.69, 9.17) is 14.2 Å². The first-order valence-corrected chi connectivity index (χ1v) is 11.6. The van der Waals surface area contributed by atoms with E-state index in [0.29, 0.717) is 53.7 Å². The van der Waals surface area contributed by atoms with Crippen molar-refractivity contribution in [1.82, 2.24) is 9.97 Å². The molecule has 1 heterocycles. The molecule has 0 unspecified atom stereocenters. The van der Waals surface area contributed by atoms with Gasteiger partial charge in [0.15, 0.2) is 11.5 Å². The highest BCUT2D eigenvalue weighted by atomic mass is 19.3. The van der Waals surface area contributed by atoms with Gasteiger partial charge in [-0.25, -0.2) is 23.1 Å². The summed E-state index contributed by atoms with van der Waals surface area (Å²) in [5.74, 6) is -2.30. The lowest BCUT2D eigenvalue weighted by atomic mass is 10.0. The van der Waals surface area contributed by atoms with Crippen LogP contribution in [0.5, 0.6) is 11.5 Å². The highest BCUT2D eigenvalue weighted by Gasteiger charge is 2.30. The number of rotatable bonds is 10. The predicted octanol–water partition coefficient (Wildman–Crippen LogP) is 6.32. The molecular weight excluding hydrogens is 459 g/mol. The molecule has 2 atom stereocenters. The van der Waals surface area contributed by atoms with Crippen molar-refractivity contribution in [1.29, 1.82) is 0 Å². The van der Waals surface area contributed by atoms with Crippen molar-refractivity contribution in [2.75, 3.05) is 19.0 Å². The number of fused-ring (bicyclic) bond motifs is 1. The minimum absolute atomic E-state index is 0.0817. The van der Waals surface area contributed by atoms with E-state index >= 15 is 0 Å². The standard InChI is InChI=1S/C26H30F3N3O3/c1-14(35-17-9-10-17)13-34-23-11-19-21(12-22(23)33-5)31-16(3)32-25(19)30-15(2)18-7-6-8-20(24(18)27)26(4,28)29/h6-8,11-12,14-15,17H,9-10,13H2,1-5H3,(H,30,31,32)/t14-,15+/m0/s1. The Morgan fingerprint density at radius 2 is 1.89 bits per heavy atom. The Morgan fingerprint density at radius 1 is 1.14 bits per heavy atom. The van der Waals surface area contributed by atoms with Crippen molar-refractivity contribution in [3.8, 4) is 11.5 Å². The largest absolute Gasteiger partial charge is 0.493 e.